The van der Waals surface area contributed by atoms with Crippen molar-refractivity contribution in [1.82, 2.24) is 10.2 Å². The molecule has 1 atom stereocenters. The Balaban J connectivity index is 1.63. The Morgan fingerprint density at radius 1 is 1.21 bits per heavy atom. The summed E-state index contributed by atoms with van der Waals surface area (Å²) in [6.45, 7) is 3.97. The first-order valence-electron chi connectivity index (χ1n) is 6.28. The van der Waals surface area contributed by atoms with Gasteiger partial charge in [0, 0.05) is 12.6 Å². The molecule has 0 aromatic carbocycles. The lowest BCUT2D eigenvalue weighted by atomic mass is 9.83. The van der Waals surface area contributed by atoms with E-state index in [4.69, 9.17) is 0 Å². The minimum Gasteiger partial charge on any atom is -0.316 e. The number of likely N-dealkylation sites (tertiary alicyclic amines) is 1. The minimum atomic E-state index is 0.755. The van der Waals surface area contributed by atoms with Gasteiger partial charge in [-0.2, -0.15) is 0 Å². The fourth-order valence-corrected chi connectivity index (χ4v) is 2.64. The fraction of sp³-hybridized carbons (Fsp3) is 1.00. The summed E-state index contributed by atoms with van der Waals surface area (Å²) in [7, 11) is 2.10. The molecule has 1 saturated carbocycles. The number of rotatable bonds is 4. The van der Waals surface area contributed by atoms with E-state index in [1.165, 1.54) is 58.2 Å². The Kier molecular flexibility index (Phi) is 3.82. The van der Waals surface area contributed by atoms with E-state index in [0.29, 0.717) is 0 Å². The van der Waals surface area contributed by atoms with Crippen molar-refractivity contribution in [1.29, 1.82) is 0 Å². The van der Waals surface area contributed by atoms with Crippen molar-refractivity contribution in [3.8, 4) is 0 Å². The molecule has 14 heavy (non-hydrogen) atoms. The molecule has 0 bridgehead atoms. The highest BCUT2D eigenvalue weighted by atomic mass is 15.2. The van der Waals surface area contributed by atoms with Gasteiger partial charge in [-0.3, -0.25) is 0 Å². The molecule has 0 amide bonds. The van der Waals surface area contributed by atoms with E-state index in [1.807, 2.05) is 0 Å². The van der Waals surface area contributed by atoms with Gasteiger partial charge in [-0.25, -0.2) is 0 Å². The van der Waals surface area contributed by atoms with Gasteiger partial charge in [-0.15, -0.1) is 0 Å². The smallest absolute Gasteiger partial charge is 0.0192 e. The van der Waals surface area contributed by atoms with Crippen molar-refractivity contribution in [2.45, 2.75) is 44.6 Å². The van der Waals surface area contributed by atoms with Crippen molar-refractivity contribution in [2.24, 2.45) is 5.92 Å². The molecule has 2 nitrogen and oxygen atoms in total. The second-order valence-electron chi connectivity index (χ2n) is 5.01. The zero-order chi connectivity index (χ0) is 9.80. The maximum atomic E-state index is 3.41. The van der Waals surface area contributed by atoms with Crippen molar-refractivity contribution >= 4 is 0 Å². The van der Waals surface area contributed by atoms with Crippen LogP contribution < -0.4 is 5.32 Å². The summed E-state index contributed by atoms with van der Waals surface area (Å²) in [5, 5.41) is 3.41. The second-order valence-corrected chi connectivity index (χ2v) is 5.01. The van der Waals surface area contributed by atoms with Crippen LogP contribution in [0.1, 0.15) is 38.5 Å². The van der Waals surface area contributed by atoms with Gasteiger partial charge in [0.2, 0.25) is 0 Å². The third-order valence-electron chi connectivity index (χ3n) is 3.99. The number of piperidine rings is 1. The van der Waals surface area contributed by atoms with Gasteiger partial charge in [0.1, 0.15) is 0 Å². The Labute approximate surface area is 88.1 Å². The van der Waals surface area contributed by atoms with Crippen LogP contribution in [0.5, 0.6) is 0 Å². The molecule has 2 rings (SSSR count). The first kappa shape index (κ1) is 10.4. The molecule has 2 heteroatoms. The first-order valence-corrected chi connectivity index (χ1v) is 6.28. The van der Waals surface area contributed by atoms with Crippen LogP contribution in [0, 0.1) is 5.92 Å². The molecule has 0 spiro atoms. The van der Waals surface area contributed by atoms with E-state index in [-0.39, 0.29) is 0 Å². The fourth-order valence-electron chi connectivity index (χ4n) is 2.64. The summed E-state index contributed by atoms with van der Waals surface area (Å²) in [5.41, 5.74) is 0. The van der Waals surface area contributed by atoms with Gasteiger partial charge in [-0.1, -0.05) is 19.3 Å². The lowest BCUT2D eigenvalue weighted by Gasteiger charge is -2.34. The second kappa shape index (κ2) is 5.13. The Morgan fingerprint density at radius 2 is 2.07 bits per heavy atom. The molecule has 0 radical (unpaired) electrons. The molecule has 1 saturated heterocycles. The maximum Gasteiger partial charge on any atom is 0.0192 e. The van der Waals surface area contributed by atoms with E-state index in [9.17, 15) is 0 Å². The van der Waals surface area contributed by atoms with E-state index >= 15 is 0 Å². The molecule has 0 aromatic heterocycles. The highest BCUT2D eigenvalue weighted by Gasteiger charge is 2.21. The molecular weight excluding hydrogens is 172 g/mol. The summed E-state index contributed by atoms with van der Waals surface area (Å²) in [4.78, 5) is 2.66. The summed E-state index contributed by atoms with van der Waals surface area (Å²) >= 11 is 0. The van der Waals surface area contributed by atoms with E-state index in [1.54, 1.807) is 0 Å². The van der Waals surface area contributed by atoms with Crippen LogP contribution in [0.15, 0.2) is 0 Å². The number of nitrogens with zero attached hydrogens (tertiary/aromatic N) is 1. The summed E-state index contributed by atoms with van der Waals surface area (Å²) in [5.74, 6) is 1.07. The summed E-state index contributed by atoms with van der Waals surface area (Å²) < 4.78 is 0. The van der Waals surface area contributed by atoms with Crippen molar-refractivity contribution in [3.05, 3.63) is 0 Å². The molecule has 1 unspecified atom stereocenters. The van der Waals surface area contributed by atoms with Gasteiger partial charge < -0.3 is 10.2 Å². The number of hydrogen-bond donors (Lipinski definition) is 1. The quantitative estimate of drug-likeness (QED) is 0.738. The molecule has 1 heterocycles. The number of nitrogens with one attached hydrogen (secondary N) is 1. The average Bonchev–Trinajstić information content (AvgIpc) is 2.16. The van der Waals surface area contributed by atoms with Gasteiger partial charge >= 0.3 is 0 Å². The standard InChI is InChI=1S/C12H24N2/c1-13-12-6-3-8-14(10-12)9-7-11-4-2-5-11/h11-13H,2-10H2,1H3. The average molecular weight is 196 g/mol. The van der Waals surface area contributed by atoms with Crippen molar-refractivity contribution in [3.63, 3.8) is 0 Å². The lowest BCUT2D eigenvalue weighted by Crippen LogP contribution is -2.45. The Morgan fingerprint density at radius 3 is 2.71 bits per heavy atom. The number of likely N-dealkylation sites (N-methyl/N-ethyl adjacent to an activating group) is 1. The monoisotopic (exact) mass is 196 g/mol. The normalized spacial score (nSPS) is 30.2. The highest BCUT2D eigenvalue weighted by molar-refractivity contribution is 4.78. The zero-order valence-corrected chi connectivity index (χ0v) is 9.47. The van der Waals surface area contributed by atoms with E-state index in [0.717, 1.165) is 12.0 Å². The Hall–Kier alpha value is -0.0800. The third-order valence-corrected chi connectivity index (χ3v) is 3.99. The van der Waals surface area contributed by atoms with E-state index < -0.39 is 0 Å². The van der Waals surface area contributed by atoms with Crippen LogP contribution in [0.25, 0.3) is 0 Å². The largest absolute Gasteiger partial charge is 0.316 e. The van der Waals surface area contributed by atoms with Gasteiger partial charge in [0.25, 0.3) is 0 Å². The van der Waals surface area contributed by atoms with Crippen LogP contribution in [-0.2, 0) is 0 Å². The van der Waals surface area contributed by atoms with Gasteiger partial charge in [0.15, 0.2) is 0 Å². The predicted octanol–water partition coefficient (Wildman–Crippen LogP) is 1.86. The molecule has 82 valence electrons. The topological polar surface area (TPSA) is 15.3 Å². The number of hydrogen-bond acceptors (Lipinski definition) is 2. The van der Waals surface area contributed by atoms with Crippen LogP contribution in [-0.4, -0.2) is 37.6 Å². The van der Waals surface area contributed by atoms with Gasteiger partial charge in [0.05, 0.1) is 0 Å². The van der Waals surface area contributed by atoms with Crippen LogP contribution in [0.2, 0.25) is 0 Å². The molecule has 0 aromatic rings. The molecule has 2 fully saturated rings. The Bertz CT molecular complexity index is 166. The van der Waals surface area contributed by atoms with Crippen LogP contribution in [0.4, 0.5) is 0 Å². The van der Waals surface area contributed by atoms with Crippen LogP contribution in [0.3, 0.4) is 0 Å². The van der Waals surface area contributed by atoms with Crippen molar-refractivity contribution in [2.75, 3.05) is 26.7 Å². The summed E-state index contributed by atoms with van der Waals surface area (Å²) in [6.07, 6.45) is 8.71. The van der Waals surface area contributed by atoms with Crippen LogP contribution >= 0.6 is 0 Å². The molecule has 1 N–H and O–H groups in total. The van der Waals surface area contributed by atoms with Gasteiger partial charge in [-0.05, 0) is 45.3 Å². The predicted molar refractivity (Wildman–Crippen MR) is 60.5 cm³/mol. The zero-order valence-electron chi connectivity index (χ0n) is 9.47. The maximum absolute atomic E-state index is 3.41. The molecule has 2 aliphatic rings. The van der Waals surface area contributed by atoms with Crippen molar-refractivity contribution < 1.29 is 0 Å². The molecule has 1 aliphatic heterocycles. The molecule has 1 aliphatic carbocycles. The first-order chi connectivity index (χ1) is 6.88. The molecular formula is C12H24N2. The minimum absolute atomic E-state index is 0.755. The lowest BCUT2D eigenvalue weighted by molar-refractivity contribution is 0.167. The third kappa shape index (κ3) is 2.71. The van der Waals surface area contributed by atoms with E-state index in [2.05, 4.69) is 17.3 Å². The SMILES string of the molecule is CNC1CCCN(CCC2CCC2)C1. The summed E-state index contributed by atoms with van der Waals surface area (Å²) in [6, 6.07) is 0.755. The highest BCUT2D eigenvalue weighted by Crippen LogP contribution is 2.29.